The van der Waals surface area contributed by atoms with Gasteiger partial charge in [-0.15, -0.1) is 0 Å². The maximum Gasteiger partial charge on any atom is 0.261 e. The van der Waals surface area contributed by atoms with E-state index in [4.69, 9.17) is 9.47 Å². The van der Waals surface area contributed by atoms with Crippen LogP contribution >= 0.6 is 0 Å². The fourth-order valence-corrected chi connectivity index (χ4v) is 5.21. The lowest BCUT2D eigenvalue weighted by atomic mass is 9.83. The molecule has 30 heavy (non-hydrogen) atoms. The van der Waals surface area contributed by atoms with Crippen LogP contribution in [0.5, 0.6) is 5.88 Å². The van der Waals surface area contributed by atoms with Crippen molar-refractivity contribution >= 4 is 21.6 Å². The monoisotopic (exact) mass is 439 g/mol. The number of hydrogen-bond acceptors (Lipinski definition) is 6. The summed E-state index contributed by atoms with van der Waals surface area (Å²) in [6, 6.07) is 0.905. The predicted octanol–water partition coefficient (Wildman–Crippen LogP) is 2.05. The molecular weight excluding hydrogens is 413 g/mol. The molecule has 1 unspecified atom stereocenters. The van der Waals surface area contributed by atoms with E-state index in [0.29, 0.717) is 30.7 Å². The number of ether oxygens (including phenoxy) is 2. The average molecular weight is 440 g/mol. The summed E-state index contributed by atoms with van der Waals surface area (Å²) in [4.78, 5) is 18.6. The second-order valence-electron chi connectivity index (χ2n) is 8.17. The summed E-state index contributed by atoms with van der Waals surface area (Å²) in [7, 11) is -3.59. The van der Waals surface area contributed by atoms with Crippen LogP contribution in [0.3, 0.4) is 0 Å². The Morgan fingerprint density at radius 1 is 1.27 bits per heavy atom. The largest absolute Gasteiger partial charge is 0.467 e. The van der Waals surface area contributed by atoms with Crippen molar-refractivity contribution in [2.75, 3.05) is 26.0 Å². The SMILES string of the molecule is CS(=O)(=O)/N=C1\CCCN2C(=O)COc3ncc(F)cc3C3CCC(CC3)OCC12. The Labute approximate surface area is 175 Å². The summed E-state index contributed by atoms with van der Waals surface area (Å²) < 4.78 is 53.1. The van der Waals surface area contributed by atoms with E-state index in [1.54, 1.807) is 4.90 Å². The van der Waals surface area contributed by atoms with Gasteiger partial charge in [0, 0.05) is 12.1 Å². The summed E-state index contributed by atoms with van der Waals surface area (Å²) in [5.41, 5.74) is 1.14. The predicted molar refractivity (Wildman–Crippen MR) is 108 cm³/mol. The average Bonchev–Trinajstić information content (AvgIpc) is 2.71. The molecule has 2 bridgehead atoms. The Morgan fingerprint density at radius 2 is 2.03 bits per heavy atom. The van der Waals surface area contributed by atoms with E-state index in [2.05, 4.69) is 9.38 Å². The van der Waals surface area contributed by atoms with Crippen molar-refractivity contribution in [2.45, 2.75) is 56.6 Å². The first-order valence-electron chi connectivity index (χ1n) is 10.3. The second-order valence-corrected chi connectivity index (χ2v) is 9.81. The maximum atomic E-state index is 13.8. The van der Waals surface area contributed by atoms with E-state index >= 15 is 0 Å². The van der Waals surface area contributed by atoms with E-state index < -0.39 is 21.9 Å². The molecule has 0 N–H and O–H groups in total. The minimum atomic E-state index is -3.59. The summed E-state index contributed by atoms with van der Waals surface area (Å²) in [6.07, 6.45) is 6.46. The van der Waals surface area contributed by atoms with Gasteiger partial charge >= 0.3 is 0 Å². The lowest BCUT2D eigenvalue weighted by molar-refractivity contribution is -0.136. The number of carbonyl (C=O) groups is 1. The molecule has 0 aromatic carbocycles. The van der Waals surface area contributed by atoms with Crippen molar-refractivity contribution in [3.63, 3.8) is 0 Å². The van der Waals surface area contributed by atoms with Gasteiger partial charge in [-0.05, 0) is 50.5 Å². The quantitative estimate of drug-likeness (QED) is 0.664. The molecule has 1 aromatic heterocycles. The molecule has 1 amide bonds. The van der Waals surface area contributed by atoms with Gasteiger partial charge in [-0.2, -0.15) is 4.40 Å². The minimum Gasteiger partial charge on any atom is -0.467 e. The number of carbonyl (C=O) groups excluding carboxylic acids is 1. The zero-order chi connectivity index (χ0) is 21.3. The molecule has 2 fully saturated rings. The zero-order valence-corrected chi connectivity index (χ0v) is 17.7. The fraction of sp³-hybridized carbons (Fsp3) is 0.650. The van der Waals surface area contributed by atoms with Crippen molar-refractivity contribution in [3.05, 3.63) is 23.6 Å². The third kappa shape index (κ3) is 4.80. The molecule has 10 heteroatoms. The van der Waals surface area contributed by atoms with Crippen LogP contribution in [-0.2, 0) is 19.6 Å². The van der Waals surface area contributed by atoms with Gasteiger partial charge in [0.05, 0.1) is 36.9 Å². The summed E-state index contributed by atoms with van der Waals surface area (Å²) in [6.45, 7) is 0.412. The fourth-order valence-electron chi connectivity index (χ4n) is 4.57. The number of piperidine rings is 1. The van der Waals surface area contributed by atoms with E-state index in [9.17, 15) is 17.6 Å². The summed E-state index contributed by atoms with van der Waals surface area (Å²) >= 11 is 0. The van der Waals surface area contributed by atoms with Gasteiger partial charge in [-0.1, -0.05) is 0 Å². The first-order valence-corrected chi connectivity index (χ1v) is 12.1. The van der Waals surface area contributed by atoms with Crippen LogP contribution in [0.25, 0.3) is 0 Å². The van der Waals surface area contributed by atoms with E-state index in [0.717, 1.165) is 38.1 Å². The van der Waals surface area contributed by atoms with Crippen molar-refractivity contribution in [2.24, 2.45) is 4.40 Å². The van der Waals surface area contributed by atoms with Crippen LogP contribution in [0.2, 0.25) is 0 Å². The number of hydrogen-bond donors (Lipinski definition) is 0. The van der Waals surface area contributed by atoms with Crippen LogP contribution in [0, 0.1) is 5.82 Å². The maximum absolute atomic E-state index is 13.8. The Balaban J connectivity index is 1.66. The van der Waals surface area contributed by atoms with E-state index in [1.165, 1.54) is 6.07 Å². The highest BCUT2D eigenvalue weighted by Crippen LogP contribution is 2.38. The number of nitrogens with zero attached hydrogens (tertiary/aromatic N) is 3. The van der Waals surface area contributed by atoms with Crippen LogP contribution in [0.1, 0.15) is 50.0 Å². The molecule has 1 saturated carbocycles. The Kier molecular flexibility index (Phi) is 6.06. The van der Waals surface area contributed by atoms with Gasteiger partial charge in [0.15, 0.2) is 6.61 Å². The van der Waals surface area contributed by atoms with E-state index in [1.807, 2.05) is 0 Å². The molecule has 8 nitrogen and oxygen atoms in total. The molecule has 1 aromatic rings. The van der Waals surface area contributed by atoms with Crippen molar-refractivity contribution < 1.29 is 27.1 Å². The second kappa shape index (κ2) is 8.58. The topological polar surface area (TPSA) is 98.2 Å². The number of aromatic nitrogens is 1. The van der Waals surface area contributed by atoms with Crippen LogP contribution < -0.4 is 4.74 Å². The Bertz CT molecular complexity index is 944. The van der Waals surface area contributed by atoms with Crippen molar-refractivity contribution in [1.82, 2.24) is 9.88 Å². The zero-order valence-electron chi connectivity index (χ0n) is 16.9. The summed E-state index contributed by atoms with van der Waals surface area (Å²) in [5.74, 6) is -0.340. The first-order chi connectivity index (χ1) is 14.3. The van der Waals surface area contributed by atoms with Crippen LogP contribution in [-0.4, -0.2) is 68.1 Å². The lowest BCUT2D eigenvalue weighted by Crippen LogP contribution is -2.53. The number of rotatable bonds is 1. The molecule has 0 radical (unpaired) electrons. The number of sulfonamides is 1. The van der Waals surface area contributed by atoms with Crippen LogP contribution in [0.4, 0.5) is 4.39 Å². The molecule has 5 rings (SSSR count). The molecule has 4 heterocycles. The highest BCUT2D eigenvalue weighted by molar-refractivity contribution is 7.89. The number of amides is 1. The summed E-state index contributed by atoms with van der Waals surface area (Å²) in [5, 5.41) is 0. The highest BCUT2D eigenvalue weighted by atomic mass is 32.2. The first kappa shape index (κ1) is 21.2. The molecule has 1 atom stereocenters. The molecule has 4 aliphatic rings. The molecule has 3 aliphatic heterocycles. The van der Waals surface area contributed by atoms with Gasteiger partial charge in [-0.3, -0.25) is 4.79 Å². The smallest absolute Gasteiger partial charge is 0.261 e. The van der Waals surface area contributed by atoms with Gasteiger partial charge in [0.2, 0.25) is 15.9 Å². The third-order valence-corrected chi connectivity index (χ3v) is 6.54. The highest BCUT2D eigenvalue weighted by Gasteiger charge is 2.35. The van der Waals surface area contributed by atoms with Gasteiger partial charge in [-0.25, -0.2) is 17.8 Å². The van der Waals surface area contributed by atoms with Crippen molar-refractivity contribution in [1.29, 1.82) is 0 Å². The van der Waals surface area contributed by atoms with Gasteiger partial charge in [0.25, 0.3) is 5.91 Å². The lowest BCUT2D eigenvalue weighted by Gasteiger charge is -2.37. The molecular formula is C20H26FN3O5S. The molecule has 164 valence electrons. The Hall–Kier alpha value is -2.07. The third-order valence-electron chi connectivity index (χ3n) is 5.98. The molecule has 1 saturated heterocycles. The van der Waals surface area contributed by atoms with Crippen molar-refractivity contribution in [3.8, 4) is 5.88 Å². The number of halogens is 1. The standard InChI is InChI=1S/C20H26FN3O5S/c1-30(26,27)23-17-3-2-8-24-18(17)11-28-15-6-4-13(5-7-15)16-9-14(21)10-22-20(16)29-12-19(24)25/h9-10,13,15,18H,2-8,11-12H2,1H3/b23-17+. The number of pyridine rings is 1. The van der Waals surface area contributed by atoms with Crippen LogP contribution in [0.15, 0.2) is 16.7 Å². The normalized spacial score (nSPS) is 29.3. The molecule has 0 spiro atoms. The van der Waals surface area contributed by atoms with Gasteiger partial charge < -0.3 is 14.4 Å². The van der Waals surface area contributed by atoms with E-state index in [-0.39, 0.29) is 37.0 Å². The van der Waals surface area contributed by atoms with Gasteiger partial charge in [0.1, 0.15) is 5.82 Å². The molecule has 1 aliphatic carbocycles. The Morgan fingerprint density at radius 3 is 2.77 bits per heavy atom. The number of fused-ring (bicyclic) bond motifs is 5. The minimum absolute atomic E-state index is 0.00579.